The second-order valence-corrected chi connectivity index (χ2v) is 13.1. The number of piperazine rings is 1. The average molecular weight is 567 g/mol. The van der Waals surface area contributed by atoms with Crippen LogP contribution in [0.1, 0.15) is 30.7 Å². The second-order valence-electron chi connectivity index (χ2n) is 10.6. The highest BCUT2D eigenvalue weighted by Gasteiger charge is 2.28. The van der Waals surface area contributed by atoms with Gasteiger partial charge in [-0.1, -0.05) is 12.1 Å². The average Bonchev–Trinajstić information content (AvgIpc) is 3.23. The standard InChI is InChI=1S/C29H35FN6O3S/c1-18(2)40(38,39)36-15-13-35(14-16-36)12-6-7-24-20(4)22-9-11-25-27(26(22)28(37)31-24)34(5)29(33-25)32-23-10-8-21(30)17-19(23)3/h6-11,17-18H,12-16H2,1-5H3,(H,31,37)(H,32,33). The van der Waals surface area contributed by atoms with Crippen molar-refractivity contribution in [2.45, 2.75) is 32.9 Å². The van der Waals surface area contributed by atoms with E-state index < -0.39 is 15.3 Å². The Labute approximate surface area is 233 Å². The van der Waals surface area contributed by atoms with Crippen molar-refractivity contribution < 1.29 is 12.8 Å². The van der Waals surface area contributed by atoms with E-state index >= 15 is 0 Å². The van der Waals surface area contributed by atoms with E-state index in [4.69, 9.17) is 4.98 Å². The van der Waals surface area contributed by atoms with Crippen molar-refractivity contribution in [3.05, 3.63) is 69.4 Å². The summed E-state index contributed by atoms with van der Waals surface area (Å²) >= 11 is 0. The molecular formula is C29H35FN6O3S. The van der Waals surface area contributed by atoms with E-state index in [0.29, 0.717) is 55.1 Å². The van der Waals surface area contributed by atoms with Gasteiger partial charge in [-0.3, -0.25) is 9.69 Å². The van der Waals surface area contributed by atoms with E-state index in [0.717, 1.165) is 27.9 Å². The van der Waals surface area contributed by atoms with Gasteiger partial charge in [0.15, 0.2) is 0 Å². The minimum Gasteiger partial charge on any atom is -0.325 e. The van der Waals surface area contributed by atoms with E-state index in [2.05, 4.69) is 15.2 Å². The summed E-state index contributed by atoms with van der Waals surface area (Å²) in [5.41, 5.74) is 4.38. The lowest BCUT2D eigenvalue weighted by molar-refractivity contribution is 0.204. The number of imidazole rings is 1. The lowest BCUT2D eigenvalue weighted by Gasteiger charge is -2.34. The minimum absolute atomic E-state index is 0.203. The molecule has 2 aromatic carbocycles. The number of H-pyrrole nitrogens is 1. The molecule has 0 unspecified atom stereocenters. The summed E-state index contributed by atoms with van der Waals surface area (Å²) in [6.45, 7) is 10.2. The summed E-state index contributed by atoms with van der Waals surface area (Å²) in [5, 5.41) is 4.25. The molecule has 212 valence electrons. The maximum absolute atomic E-state index is 13.6. The number of nitrogens with one attached hydrogen (secondary N) is 2. The Bertz CT molecular complexity index is 1780. The molecule has 1 aliphatic heterocycles. The first-order chi connectivity index (χ1) is 19.0. The van der Waals surface area contributed by atoms with Gasteiger partial charge in [-0.25, -0.2) is 17.8 Å². The van der Waals surface area contributed by atoms with Crippen LogP contribution in [-0.4, -0.2) is 70.1 Å². The van der Waals surface area contributed by atoms with Gasteiger partial charge in [-0.05, 0) is 74.5 Å². The second kappa shape index (κ2) is 10.8. The number of pyridine rings is 1. The largest absolute Gasteiger partial charge is 0.325 e. The lowest BCUT2D eigenvalue weighted by Crippen LogP contribution is -2.50. The van der Waals surface area contributed by atoms with Crippen LogP contribution in [0.4, 0.5) is 16.0 Å². The van der Waals surface area contributed by atoms with Gasteiger partial charge in [0, 0.05) is 51.2 Å². The van der Waals surface area contributed by atoms with Crippen molar-refractivity contribution in [2.24, 2.45) is 7.05 Å². The number of hydrogen-bond acceptors (Lipinski definition) is 6. The van der Waals surface area contributed by atoms with Crippen LogP contribution in [0.15, 0.2) is 41.2 Å². The summed E-state index contributed by atoms with van der Waals surface area (Å²) < 4.78 is 41.8. The molecule has 1 aliphatic rings. The summed E-state index contributed by atoms with van der Waals surface area (Å²) in [6, 6.07) is 8.36. The van der Waals surface area contributed by atoms with E-state index in [1.165, 1.54) is 12.1 Å². The molecular weight excluding hydrogens is 531 g/mol. The van der Waals surface area contributed by atoms with Crippen LogP contribution < -0.4 is 10.9 Å². The summed E-state index contributed by atoms with van der Waals surface area (Å²) in [7, 11) is -1.38. The number of nitrogens with zero attached hydrogens (tertiary/aromatic N) is 4. The molecule has 0 amide bonds. The minimum atomic E-state index is -3.23. The van der Waals surface area contributed by atoms with Crippen molar-refractivity contribution in [2.75, 3.05) is 38.0 Å². The van der Waals surface area contributed by atoms with Crippen LogP contribution in [-0.2, 0) is 17.1 Å². The number of aryl methyl sites for hydroxylation is 3. The van der Waals surface area contributed by atoms with Gasteiger partial charge in [-0.15, -0.1) is 0 Å². The number of halogens is 1. The third-order valence-electron chi connectivity index (χ3n) is 7.69. The monoisotopic (exact) mass is 566 g/mol. The number of benzene rings is 2. The van der Waals surface area contributed by atoms with Gasteiger partial charge in [0.2, 0.25) is 16.0 Å². The highest BCUT2D eigenvalue weighted by atomic mass is 32.2. The quantitative estimate of drug-likeness (QED) is 0.346. The third-order valence-corrected chi connectivity index (χ3v) is 9.97. The summed E-state index contributed by atoms with van der Waals surface area (Å²) in [6.07, 6.45) is 3.93. The van der Waals surface area contributed by atoms with Crippen LogP contribution in [0.3, 0.4) is 0 Å². The van der Waals surface area contributed by atoms with Crippen molar-refractivity contribution in [3.63, 3.8) is 0 Å². The topological polar surface area (TPSA) is 103 Å². The molecule has 1 fully saturated rings. The zero-order chi connectivity index (χ0) is 28.8. The fourth-order valence-electron chi connectivity index (χ4n) is 5.22. The molecule has 4 aromatic rings. The number of hydrogen-bond donors (Lipinski definition) is 2. The highest BCUT2D eigenvalue weighted by Crippen LogP contribution is 2.30. The van der Waals surface area contributed by atoms with Gasteiger partial charge in [-0.2, -0.15) is 4.31 Å². The normalized spacial score (nSPS) is 15.7. The van der Waals surface area contributed by atoms with E-state index in [1.807, 2.05) is 49.7 Å². The Hall–Kier alpha value is -3.54. The fraction of sp³-hybridized carbons (Fsp3) is 0.379. The molecule has 9 nitrogen and oxygen atoms in total. The molecule has 1 saturated heterocycles. The van der Waals surface area contributed by atoms with Crippen LogP contribution in [0.5, 0.6) is 0 Å². The maximum Gasteiger partial charge on any atom is 0.258 e. The first-order valence-corrected chi connectivity index (χ1v) is 14.9. The molecule has 0 aliphatic carbocycles. The first kappa shape index (κ1) is 28.0. The van der Waals surface area contributed by atoms with Gasteiger partial charge < -0.3 is 14.9 Å². The molecule has 40 heavy (non-hydrogen) atoms. The van der Waals surface area contributed by atoms with Crippen molar-refractivity contribution in [1.82, 2.24) is 23.7 Å². The van der Waals surface area contributed by atoms with E-state index in [1.54, 1.807) is 24.2 Å². The Morgan fingerprint density at radius 3 is 2.52 bits per heavy atom. The molecule has 2 aromatic heterocycles. The van der Waals surface area contributed by atoms with Gasteiger partial charge in [0.05, 0.1) is 21.7 Å². The SMILES string of the molecule is Cc1cc(F)ccc1Nc1nc2ccc3c(C)c(C=CCN4CCN(S(=O)(=O)C(C)C)CC4)[nH]c(=O)c3c2n1C. The van der Waals surface area contributed by atoms with E-state index in [-0.39, 0.29) is 11.4 Å². The van der Waals surface area contributed by atoms with Crippen LogP contribution in [0, 0.1) is 19.7 Å². The lowest BCUT2D eigenvalue weighted by atomic mass is 10.0. The van der Waals surface area contributed by atoms with E-state index in [9.17, 15) is 17.6 Å². The van der Waals surface area contributed by atoms with Gasteiger partial charge >= 0.3 is 0 Å². The fourth-order valence-corrected chi connectivity index (χ4v) is 6.49. The molecule has 0 bridgehead atoms. The van der Waals surface area contributed by atoms with Crippen LogP contribution in [0.2, 0.25) is 0 Å². The number of sulfonamides is 1. The maximum atomic E-state index is 13.6. The predicted octanol–water partition coefficient (Wildman–Crippen LogP) is 4.28. The molecule has 5 rings (SSSR count). The molecule has 3 heterocycles. The molecule has 2 N–H and O–H groups in total. The van der Waals surface area contributed by atoms with Crippen molar-refractivity contribution in [3.8, 4) is 0 Å². The predicted molar refractivity (Wildman–Crippen MR) is 159 cm³/mol. The molecule has 0 radical (unpaired) electrons. The van der Waals surface area contributed by atoms with Crippen molar-refractivity contribution >= 4 is 49.5 Å². The zero-order valence-corrected chi connectivity index (χ0v) is 24.3. The molecule has 0 atom stereocenters. The van der Waals surface area contributed by atoms with Crippen LogP contribution >= 0.6 is 0 Å². The number of rotatable bonds is 7. The Balaban J connectivity index is 1.38. The smallest absolute Gasteiger partial charge is 0.258 e. The number of aromatic nitrogens is 3. The summed E-state index contributed by atoms with van der Waals surface area (Å²) in [4.78, 5) is 23.3. The Kier molecular flexibility index (Phi) is 7.56. The Morgan fingerprint density at radius 2 is 1.85 bits per heavy atom. The molecule has 0 spiro atoms. The molecule has 0 saturated carbocycles. The van der Waals surface area contributed by atoms with Gasteiger partial charge in [0.1, 0.15) is 5.82 Å². The number of fused-ring (bicyclic) bond motifs is 3. The number of aromatic amines is 1. The first-order valence-electron chi connectivity index (χ1n) is 13.4. The molecule has 11 heteroatoms. The van der Waals surface area contributed by atoms with Crippen LogP contribution in [0.25, 0.3) is 27.9 Å². The highest BCUT2D eigenvalue weighted by molar-refractivity contribution is 7.89. The van der Waals surface area contributed by atoms with Crippen molar-refractivity contribution in [1.29, 1.82) is 0 Å². The van der Waals surface area contributed by atoms with Gasteiger partial charge in [0.25, 0.3) is 5.56 Å². The number of anilines is 2. The Morgan fingerprint density at radius 1 is 1.12 bits per heavy atom. The third kappa shape index (κ3) is 5.16. The zero-order valence-electron chi connectivity index (χ0n) is 23.5. The summed E-state index contributed by atoms with van der Waals surface area (Å²) in [5.74, 6) is 0.255.